The van der Waals surface area contributed by atoms with Crippen LogP contribution in [-0.4, -0.2) is 51.1 Å². The van der Waals surface area contributed by atoms with Gasteiger partial charge in [-0.3, -0.25) is 0 Å². The highest BCUT2D eigenvalue weighted by Gasteiger charge is 2.32. The smallest absolute Gasteiger partial charge is 0.246 e. The number of pyridine rings is 1. The Hall–Kier alpha value is -2.39. The van der Waals surface area contributed by atoms with Crippen molar-refractivity contribution >= 4 is 10.0 Å². The lowest BCUT2D eigenvalue weighted by molar-refractivity contribution is 0.128. The molecule has 0 saturated carbocycles. The first-order chi connectivity index (χ1) is 12.9. The fraction of sp³-hybridized carbons (Fsp3) is 0.389. The fourth-order valence-corrected chi connectivity index (χ4v) is 4.55. The summed E-state index contributed by atoms with van der Waals surface area (Å²) in [6, 6.07) is 8.94. The first-order valence-electron chi connectivity index (χ1n) is 8.45. The molecule has 0 atom stereocenters. The van der Waals surface area contributed by atoms with Gasteiger partial charge in [0, 0.05) is 25.2 Å². The van der Waals surface area contributed by atoms with Crippen molar-refractivity contribution in [2.75, 3.05) is 27.3 Å². The lowest BCUT2D eigenvalue weighted by atomic mass is 10.1. The Kier molecular flexibility index (Phi) is 5.81. The van der Waals surface area contributed by atoms with Crippen molar-refractivity contribution in [3.05, 3.63) is 42.3 Å². The minimum atomic E-state index is -3.71. The van der Waals surface area contributed by atoms with Crippen molar-refractivity contribution in [3.8, 4) is 17.4 Å². The van der Waals surface area contributed by atoms with Gasteiger partial charge in [0.2, 0.25) is 21.9 Å². The van der Waals surface area contributed by atoms with Gasteiger partial charge >= 0.3 is 0 Å². The number of halogens is 1. The zero-order valence-electron chi connectivity index (χ0n) is 15.1. The van der Waals surface area contributed by atoms with Gasteiger partial charge in [-0.25, -0.2) is 8.42 Å². The van der Waals surface area contributed by atoms with Gasteiger partial charge in [-0.05, 0) is 31.0 Å². The third kappa shape index (κ3) is 4.30. The molecule has 7 nitrogen and oxygen atoms in total. The molecule has 1 saturated heterocycles. The number of sulfonamides is 1. The Morgan fingerprint density at radius 2 is 1.85 bits per heavy atom. The minimum Gasteiger partial charge on any atom is -0.497 e. The van der Waals surface area contributed by atoms with Crippen molar-refractivity contribution in [2.45, 2.75) is 23.8 Å². The van der Waals surface area contributed by atoms with E-state index < -0.39 is 16.0 Å². The van der Waals surface area contributed by atoms with Crippen LogP contribution in [0.25, 0.3) is 0 Å². The predicted octanol–water partition coefficient (Wildman–Crippen LogP) is 2.47. The van der Waals surface area contributed by atoms with Gasteiger partial charge in [-0.1, -0.05) is 6.07 Å². The third-order valence-electron chi connectivity index (χ3n) is 4.37. The van der Waals surface area contributed by atoms with E-state index in [-0.39, 0.29) is 35.7 Å². The van der Waals surface area contributed by atoms with Gasteiger partial charge in [0.25, 0.3) is 0 Å². The van der Waals surface area contributed by atoms with Crippen LogP contribution in [0.1, 0.15) is 12.8 Å². The van der Waals surface area contributed by atoms with E-state index in [2.05, 4.69) is 4.98 Å². The molecule has 2 heterocycles. The van der Waals surface area contributed by atoms with E-state index in [0.717, 1.165) is 0 Å². The van der Waals surface area contributed by atoms with Crippen molar-refractivity contribution in [2.24, 2.45) is 0 Å². The lowest BCUT2D eigenvalue weighted by Crippen LogP contribution is -2.41. The highest BCUT2D eigenvalue weighted by atomic mass is 32.2. The Morgan fingerprint density at radius 1 is 1.11 bits per heavy atom. The molecule has 2 aromatic rings. The molecule has 0 spiro atoms. The first-order valence-corrected chi connectivity index (χ1v) is 9.89. The maximum atomic E-state index is 13.2. The number of hydrogen-bond acceptors (Lipinski definition) is 6. The molecule has 1 aromatic heterocycles. The van der Waals surface area contributed by atoms with Gasteiger partial charge in [0.15, 0.2) is 0 Å². The van der Waals surface area contributed by atoms with Crippen molar-refractivity contribution < 1.29 is 27.0 Å². The van der Waals surface area contributed by atoms with Gasteiger partial charge in [-0.2, -0.15) is 13.7 Å². The number of benzene rings is 1. The Bertz CT molecular complexity index is 898. The molecule has 0 N–H and O–H groups in total. The Balaban J connectivity index is 1.69. The second-order valence-corrected chi connectivity index (χ2v) is 7.94. The van der Waals surface area contributed by atoms with Crippen LogP contribution >= 0.6 is 0 Å². The van der Waals surface area contributed by atoms with Crippen LogP contribution in [0, 0.1) is 5.95 Å². The van der Waals surface area contributed by atoms with E-state index in [1.807, 2.05) is 0 Å². The van der Waals surface area contributed by atoms with Crippen molar-refractivity contribution in [1.82, 2.24) is 9.29 Å². The highest BCUT2D eigenvalue weighted by molar-refractivity contribution is 7.89. The van der Waals surface area contributed by atoms with Crippen LogP contribution < -0.4 is 14.2 Å². The average Bonchev–Trinajstić information content (AvgIpc) is 2.68. The molecular weight excluding hydrogens is 375 g/mol. The number of nitrogens with zero attached hydrogens (tertiary/aromatic N) is 2. The summed E-state index contributed by atoms with van der Waals surface area (Å²) >= 11 is 0. The van der Waals surface area contributed by atoms with E-state index in [0.29, 0.717) is 18.6 Å². The van der Waals surface area contributed by atoms with Crippen molar-refractivity contribution in [1.29, 1.82) is 0 Å². The summed E-state index contributed by atoms with van der Waals surface area (Å²) in [5.41, 5.74) is 0. The molecular formula is C18H21FN2O5S. The predicted molar refractivity (Wildman–Crippen MR) is 96.1 cm³/mol. The molecule has 146 valence electrons. The van der Waals surface area contributed by atoms with E-state index in [4.69, 9.17) is 14.2 Å². The molecule has 1 fully saturated rings. The topological polar surface area (TPSA) is 78.0 Å². The Labute approximate surface area is 157 Å². The molecule has 27 heavy (non-hydrogen) atoms. The van der Waals surface area contributed by atoms with E-state index in [1.165, 1.54) is 36.7 Å². The zero-order valence-corrected chi connectivity index (χ0v) is 15.9. The van der Waals surface area contributed by atoms with Gasteiger partial charge in [-0.15, -0.1) is 0 Å². The van der Waals surface area contributed by atoms with Gasteiger partial charge in [0.1, 0.15) is 22.5 Å². The minimum absolute atomic E-state index is 0.0944. The third-order valence-corrected chi connectivity index (χ3v) is 6.30. The summed E-state index contributed by atoms with van der Waals surface area (Å²) < 4.78 is 56.5. The van der Waals surface area contributed by atoms with Crippen LogP contribution in [0.2, 0.25) is 0 Å². The molecule has 0 unspecified atom stereocenters. The Morgan fingerprint density at radius 3 is 2.48 bits per heavy atom. The molecule has 0 aliphatic carbocycles. The van der Waals surface area contributed by atoms with E-state index >= 15 is 0 Å². The van der Waals surface area contributed by atoms with E-state index in [1.54, 1.807) is 18.2 Å². The second kappa shape index (κ2) is 8.10. The number of ether oxygens (including phenoxy) is 3. The average molecular weight is 396 g/mol. The lowest BCUT2D eigenvalue weighted by Gasteiger charge is -2.31. The number of piperidine rings is 1. The largest absolute Gasteiger partial charge is 0.497 e. The van der Waals surface area contributed by atoms with Crippen LogP contribution in [0.4, 0.5) is 4.39 Å². The molecule has 0 amide bonds. The molecule has 1 aromatic carbocycles. The summed E-state index contributed by atoms with van der Waals surface area (Å²) in [7, 11) is -0.793. The monoisotopic (exact) mass is 396 g/mol. The normalized spacial score (nSPS) is 16.1. The molecule has 1 aliphatic rings. The van der Waals surface area contributed by atoms with E-state index in [9.17, 15) is 12.8 Å². The molecule has 1 aliphatic heterocycles. The number of hydrogen-bond donors (Lipinski definition) is 0. The van der Waals surface area contributed by atoms with Gasteiger partial charge in [0.05, 0.1) is 14.2 Å². The highest BCUT2D eigenvalue weighted by Crippen LogP contribution is 2.32. The summed E-state index contributed by atoms with van der Waals surface area (Å²) in [5, 5.41) is 0. The molecule has 9 heteroatoms. The standard InChI is InChI=1S/C18H21FN2O5S/c1-24-14-6-7-16(15(12-14)25-2)27(22,23)21-10-8-13(9-11-21)26-18-5-3-4-17(19)20-18/h3-7,12-13H,8-11H2,1-2H3. The summed E-state index contributed by atoms with van der Waals surface area (Å²) in [6.45, 7) is 0.578. The zero-order chi connectivity index (χ0) is 19.4. The van der Waals surface area contributed by atoms with Crippen LogP contribution in [0.5, 0.6) is 17.4 Å². The molecule has 3 rings (SSSR count). The SMILES string of the molecule is COc1ccc(S(=O)(=O)N2CCC(Oc3cccc(F)n3)CC2)c(OC)c1. The second-order valence-electron chi connectivity index (χ2n) is 6.04. The summed E-state index contributed by atoms with van der Waals surface area (Å²) in [4.78, 5) is 3.77. The quantitative estimate of drug-likeness (QED) is 0.698. The maximum absolute atomic E-state index is 13.2. The van der Waals surface area contributed by atoms with Crippen LogP contribution in [0.15, 0.2) is 41.3 Å². The summed E-state index contributed by atoms with van der Waals surface area (Å²) in [6.07, 6.45) is 0.745. The number of rotatable bonds is 6. The maximum Gasteiger partial charge on any atom is 0.246 e. The molecule has 0 radical (unpaired) electrons. The summed E-state index contributed by atoms with van der Waals surface area (Å²) in [5.74, 6) is 0.337. The number of methoxy groups -OCH3 is 2. The van der Waals surface area contributed by atoms with Crippen molar-refractivity contribution in [3.63, 3.8) is 0 Å². The van der Waals surface area contributed by atoms with Crippen LogP contribution in [0.3, 0.4) is 0 Å². The van der Waals surface area contributed by atoms with Crippen LogP contribution in [-0.2, 0) is 10.0 Å². The molecule has 0 bridgehead atoms. The fourth-order valence-electron chi connectivity index (χ4n) is 2.94. The number of aromatic nitrogens is 1. The van der Waals surface area contributed by atoms with Gasteiger partial charge < -0.3 is 14.2 Å². The first kappa shape index (κ1) is 19.4.